The Balaban J connectivity index is 1.74. The maximum atomic E-state index is 7.25. The quantitative estimate of drug-likeness (QED) is 0.148. The minimum Gasteiger partial charge on any atom is -0.238 e. The molecule has 0 bridgehead atoms. The molecule has 0 saturated carbocycles. The molecule has 0 heterocycles. The number of nitrogens with zero attached hydrogens (tertiary/aromatic N) is 1. The molecule has 0 atom stereocenters. The van der Waals surface area contributed by atoms with Crippen molar-refractivity contribution in [2.24, 2.45) is 0 Å². The smallest absolute Gasteiger partial charge is 0.187 e. The zero-order chi connectivity index (χ0) is 18.7. The predicted molar refractivity (Wildman–Crippen MR) is 120 cm³/mol. The van der Waals surface area contributed by atoms with Gasteiger partial charge in [-0.25, -0.2) is 4.85 Å². The molecule has 128 valence electrons. The highest BCUT2D eigenvalue weighted by Crippen LogP contribution is 2.35. The molecule has 0 fully saturated rings. The van der Waals surface area contributed by atoms with E-state index in [0.717, 1.165) is 5.39 Å². The molecular weight excluding hydrogens is 338 g/mol. The molecule has 6 aromatic carbocycles. The van der Waals surface area contributed by atoms with Crippen molar-refractivity contribution < 1.29 is 0 Å². The van der Waals surface area contributed by atoms with E-state index in [9.17, 15) is 0 Å². The largest absolute Gasteiger partial charge is 0.238 e. The van der Waals surface area contributed by atoms with Gasteiger partial charge in [0.05, 0.1) is 6.57 Å². The molecule has 0 aromatic heterocycles. The lowest BCUT2D eigenvalue weighted by atomic mass is 9.94. The van der Waals surface area contributed by atoms with Crippen molar-refractivity contribution >= 4 is 59.5 Å². The Kier molecular flexibility index (Phi) is 3.01. The van der Waals surface area contributed by atoms with E-state index in [0.29, 0.717) is 5.69 Å². The molecule has 0 saturated heterocycles. The summed E-state index contributed by atoms with van der Waals surface area (Å²) in [4.78, 5) is 3.56. The fourth-order valence-electron chi connectivity index (χ4n) is 4.37. The predicted octanol–water partition coefficient (Wildman–Crippen LogP) is 8.00. The fraction of sp³-hybridized carbons (Fsp3) is 0. The first kappa shape index (κ1) is 15.2. The van der Waals surface area contributed by atoms with Crippen molar-refractivity contribution in [3.8, 4) is 0 Å². The summed E-state index contributed by atoms with van der Waals surface area (Å²) >= 11 is 0. The van der Waals surface area contributed by atoms with Crippen molar-refractivity contribution in [1.82, 2.24) is 0 Å². The average molecular weight is 353 g/mol. The minimum atomic E-state index is 0.686. The van der Waals surface area contributed by atoms with Crippen molar-refractivity contribution in [1.29, 1.82) is 0 Å². The molecule has 0 radical (unpaired) electrons. The molecule has 0 amide bonds. The van der Waals surface area contributed by atoms with E-state index in [1.807, 2.05) is 12.1 Å². The van der Waals surface area contributed by atoms with Gasteiger partial charge in [0, 0.05) is 0 Å². The molecule has 0 aliphatic heterocycles. The monoisotopic (exact) mass is 353 g/mol. The summed E-state index contributed by atoms with van der Waals surface area (Å²) in [6.45, 7) is 7.25. The first-order chi connectivity index (χ1) is 13.8. The first-order valence-corrected chi connectivity index (χ1v) is 9.39. The normalized spacial score (nSPS) is 11.5. The Hall–Kier alpha value is -3.89. The van der Waals surface area contributed by atoms with Crippen LogP contribution in [0.3, 0.4) is 0 Å². The Labute approximate surface area is 162 Å². The van der Waals surface area contributed by atoms with Crippen molar-refractivity contribution in [3.05, 3.63) is 102 Å². The zero-order valence-corrected chi connectivity index (χ0v) is 15.1. The average Bonchev–Trinajstić information content (AvgIpc) is 2.75. The van der Waals surface area contributed by atoms with Crippen LogP contribution in [0.4, 0.5) is 5.69 Å². The van der Waals surface area contributed by atoms with Gasteiger partial charge >= 0.3 is 0 Å². The molecule has 1 nitrogen and oxygen atoms in total. The fourth-order valence-corrected chi connectivity index (χ4v) is 4.37. The molecule has 0 unspecified atom stereocenters. The van der Waals surface area contributed by atoms with Gasteiger partial charge in [-0.1, -0.05) is 60.7 Å². The summed E-state index contributed by atoms with van der Waals surface area (Å²) in [5.74, 6) is 0. The van der Waals surface area contributed by atoms with Gasteiger partial charge in [-0.3, -0.25) is 0 Å². The number of hydrogen-bond acceptors (Lipinski definition) is 0. The Morgan fingerprint density at radius 2 is 0.964 bits per heavy atom. The summed E-state index contributed by atoms with van der Waals surface area (Å²) in [5, 5.41) is 12.4. The van der Waals surface area contributed by atoms with Crippen LogP contribution in [0.5, 0.6) is 0 Å². The second-order valence-electron chi connectivity index (χ2n) is 7.36. The van der Waals surface area contributed by atoms with E-state index in [1.54, 1.807) is 0 Å². The molecule has 0 N–H and O–H groups in total. The lowest BCUT2D eigenvalue weighted by molar-refractivity contribution is 1.78. The van der Waals surface area contributed by atoms with Crippen LogP contribution in [-0.4, -0.2) is 0 Å². The molecule has 0 aliphatic rings. The van der Waals surface area contributed by atoms with Crippen LogP contribution < -0.4 is 0 Å². The lowest BCUT2D eigenvalue weighted by Gasteiger charge is -2.10. The van der Waals surface area contributed by atoms with Gasteiger partial charge in [0.1, 0.15) is 0 Å². The summed E-state index contributed by atoms with van der Waals surface area (Å²) in [5.41, 5.74) is 0.686. The van der Waals surface area contributed by atoms with Crippen LogP contribution in [-0.2, 0) is 0 Å². The van der Waals surface area contributed by atoms with E-state index in [4.69, 9.17) is 6.57 Å². The molecular formula is C27H15N. The molecule has 0 aliphatic carbocycles. The molecule has 1 heteroatoms. The van der Waals surface area contributed by atoms with E-state index in [1.165, 1.54) is 48.5 Å². The van der Waals surface area contributed by atoms with Crippen molar-refractivity contribution in [2.75, 3.05) is 0 Å². The van der Waals surface area contributed by atoms with E-state index >= 15 is 0 Å². The second kappa shape index (κ2) is 5.55. The first-order valence-electron chi connectivity index (χ1n) is 9.39. The van der Waals surface area contributed by atoms with Crippen LogP contribution in [0.1, 0.15) is 0 Å². The van der Waals surface area contributed by atoms with Gasteiger partial charge < -0.3 is 0 Å². The zero-order valence-electron chi connectivity index (χ0n) is 15.1. The Morgan fingerprint density at radius 3 is 1.61 bits per heavy atom. The van der Waals surface area contributed by atoms with Gasteiger partial charge in [-0.05, 0) is 84.2 Å². The van der Waals surface area contributed by atoms with E-state index < -0.39 is 0 Å². The van der Waals surface area contributed by atoms with Crippen LogP contribution in [0, 0.1) is 6.57 Å². The third-order valence-corrected chi connectivity index (χ3v) is 5.77. The molecule has 6 rings (SSSR count). The number of fused-ring (bicyclic) bond motifs is 7. The number of benzene rings is 6. The number of rotatable bonds is 0. The van der Waals surface area contributed by atoms with Gasteiger partial charge in [0.25, 0.3) is 0 Å². The summed E-state index contributed by atoms with van der Waals surface area (Å²) in [6.07, 6.45) is 0. The highest BCUT2D eigenvalue weighted by molar-refractivity contribution is 6.20. The van der Waals surface area contributed by atoms with Crippen molar-refractivity contribution in [2.45, 2.75) is 0 Å². The second-order valence-corrected chi connectivity index (χ2v) is 7.36. The van der Waals surface area contributed by atoms with Gasteiger partial charge in [0.2, 0.25) is 0 Å². The van der Waals surface area contributed by atoms with E-state index in [-0.39, 0.29) is 0 Å². The summed E-state index contributed by atoms with van der Waals surface area (Å²) < 4.78 is 0. The third-order valence-electron chi connectivity index (χ3n) is 5.77. The molecule has 28 heavy (non-hydrogen) atoms. The van der Waals surface area contributed by atoms with E-state index in [2.05, 4.69) is 83.7 Å². The van der Waals surface area contributed by atoms with Crippen LogP contribution in [0.2, 0.25) is 0 Å². The SMILES string of the molecule is [C-]#[N+]c1ccc2cc3c(ccc4c5cc6ccccc6cc5ccc34)cc2c1. The van der Waals surface area contributed by atoms with Crippen LogP contribution >= 0.6 is 0 Å². The minimum absolute atomic E-state index is 0.686. The number of hydrogen-bond donors (Lipinski definition) is 0. The highest BCUT2D eigenvalue weighted by Gasteiger charge is 2.08. The third kappa shape index (κ3) is 2.12. The van der Waals surface area contributed by atoms with Crippen molar-refractivity contribution in [3.63, 3.8) is 0 Å². The summed E-state index contributed by atoms with van der Waals surface area (Å²) in [7, 11) is 0. The van der Waals surface area contributed by atoms with Gasteiger partial charge in [-0.15, -0.1) is 0 Å². The Bertz CT molecular complexity index is 1620. The topological polar surface area (TPSA) is 4.36 Å². The lowest BCUT2D eigenvalue weighted by Crippen LogP contribution is -1.83. The van der Waals surface area contributed by atoms with Crippen LogP contribution in [0.15, 0.2) is 91.0 Å². The summed E-state index contributed by atoms with van der Waals surface area (Å²) in [6, 6.07) is 32.4. The molecule has 6 aromatic rings. The highest BCUT2D eigenvalue weighted by atomic mass is 14.6. The van der Waals surface area contributed by atoms with Crippen LogP contribution in [0.25, 0.3) is 58.7 Å². The maximum Gasteiger partial charge on any atom is 0.187 e. The van der Waals surface area contributed by atoms with Gasteiger partial charge in [0.15, 0.2) is 5.69 Å². The Morgan fingerprint density at radius 1 is 0.429 bits per heavy atom. The molecule has 0 spiro atoms. The maximum absolute atomic E-state index is 7.25. The standard InChI is InChI=1S/C27H15N/c1-28-23-9-6-19-16-27-21(13-22(19)14-23)8-11-24-25(27)10-7-20-12-17-4-2-3-5-18(17)15-26(20)24/h2-16H. The van der Waals surface area contributed by atoms with Gasteiger partial charge in [-0.2, -0.15) is 0 Å².